The SMILES string of the molecule is CC(NCc1ccsc1)C(O)c1ccc(Br)cc1. The molecule has 2 nitrogen and oxygen atoms in total. The molecule has 0 bridgehead atoms. The van der Waals surface area contributed by atoms with Crippen molar-refractivity contribution in [2.45, 2.75) is 25.6 Å². The molecule has 2 aromatic rings. The summed E-state index contributed by atoms with van der Waals surface area (Å²) in [5, 5.41) is 17.8. The molecule has 4 heteroatoms. The maximum atomic E-state index is 10.2. The average Bonchev–Trinajstić information content (AvgIpc) is 2.89. The molecule has 0 saturated heterocycles. The lowest BCUT2D eigenvalue weighted by Gasteiger charge is -2.20. The quantitative estimate of drug-likeness (QED) is 0.878. The van der Waals surface area contributed by atoms with Crippen LogP contribution in [0.3, 0.4) is 0 Å². The second kappa shape index (κ2) is 6.48. The second-order valence-corrected chi connectivity index (χ2v) is 5.99. The van der Waals surface area contributed by atoms with Gasteiger partial charge in [-0.3, -0.25) is 0 Å². The number of hydrogen-bond donors (Lipinski definition) is 2. The predicted molar refractivity (Wildman–Crippen MR) is 79.7 cm³/mol. The molecule has 1 aromatic heterocycles. The van der Waals surface area contributed by atoms with Gasteiger partial charge in [0.05, 0.1) is 6.10 Å². The van der Waals surface area contributed by atoms with Gasteiger partial charge in [-0.05, 0) is 47.0 Å². The van der Waals surface area contributed by atoms with Crippen molar-refractivity contribution in [3.05, 3.63) is 56.7 Å². The third-order valence-electron chi connectivity index (χ3n) is 2.89. The lowest BCUT2D eigenvalue weighted by Crippen LogP contribution is -2.31. The van der Waals surface area contributed by atoms with Gasteiger partial charge in [-0.2, -0.15) is 11.3 Å². The number of rotatable bonds is 5. The molecule has 0 spiro atoms. The molecule has 0 fully saturated rings. The maximum absolute atomic E-state index is 10.2. The van der Waals surface area contributed by atoms with Gasteiger partial charge < -0.3 is 10.4 Å². The topological polar surface area (TPSA) is 32.3 Å². The molecule has 0 aliphatic rings. The Balaban J connectivity index is 1.91. The van der Waals surface area contributed by atoms with Gasteiger partial charge in [0.1, 0.15) is 0 Å². The molecule has 96 valence electrons. The number of nitrogens with one attached hydrogen (secondary N) is 1. The van der Waals surface area contributed by atoms with Gasteiger partial charge in [0.25, 0.3) is 0 Å². The predicted octanol–water partition coefficient (Wildman–Crippen LogP) is 3.72. The van der Waals surface area contributed by atoms with Crippen molar-refractivity contribution in [3.8, 4) is 0 Å². The summed E-state index contributed by atoms with van der Waals surface area (Å²) >= 11 is 5.08. The number of hydrogen-bond acceptors (Lipinski definition) is 3. The molecule has 0 aliphatic carbocycles. The van der Waals surface area contributed by atoms with Crippen molar-refractivity contribution < 1.29 is 5.11 Å². The molecular formula is C14H16BrNOS. The number of benzene rings is 1. The zero-order valence-corrected chi connectivity index (χ0v) is 12.5. The minimum atomic E-state index is -0.489. The van der Waals surface area contributed by atoms with Gasteiger partial charge in [-0.15, -0.1) is 0 Å². The fourth-order valence-corrected chi connectivity index (χ4v) is 2.67. The van der Waals surface area contributed by atoms with Gasteiger partial charge in [-0.1, -0.05) is 28.1 Å². The van der Waals surface area contributed by atoms with Gasteiger partial charge in [0, 0.05) is 17.1 Å². The second-order valence-electron chi connectivity index (χ2n) is 4.30. The van der Waals surface area contributed by atoms with Crippen molar-refractivity contribution in [1.82, 2.24) is 5.32 Å². The van der Waals surface area contributed by atoms with Crippen molar-refractivity contribution in [2.75, 3.05) is 0 Å². The highest BCUT2D eigenvalue weighted by atomic mass is 79.9. The molecular weight excluding hydrogens is 310 g/mol. The minimum Gasteiger partial charge on any atom is -0.387 e. The molecule has 0 amide bonds. The smallest absolute Gasteiger partial charge is 0.0940 e. The Kier molecular flexibility index (Phi) is 4.95. The van der Waals surface area contributed by atoms with E-state index in [0.717, 1.165) is 16.6 Å². The van der Waals surface area contributed by atoms with E-state index < -0.39 is 6.10 Å². The van der Waals surface area contributed by atoms with E-state index in [9.17, 15) is 5.11 Å². The molecule has 0 saturated carbocycles. The first-order valence-corrected chi connectivity index (χ1v) is 7.58. The summed E-state index contributed by atoms with van der Waals surface area (Å²) in [7, 11) is 0. The standard InChI is InChI=1S/C14H16BrNOS/c1-10(16-8-11-6-7-18-9-11)14(17)12-2-4-13(15)5-3-12/h2-7,9-10,14,16-17H,8H2,1H3. The van der Waals surface area contributed by atoms with E-state index in [2.05, 4.69) is 38.1 Å². The molecule has 2 rings (SSSR count). The first kappa shape index (κ1) is 13.7. The highest BCUT2D eigenvalue weighted by Gasteiger charge is 2.15. The molecule has 2 atom stereocenters. The minimum absolute atomic E-state index is 0.0195. The zero-order chi connectivity index (χ0) is 13.0. The van der Waals surface area contributed by atoms with E-state index in [1.807, 2.05) is 31.2 Å². The number of aliphatic hydroxyl groups is 1. The maximum Gasteiger partial charge on any atom is 0.0940 e. The molecule has 1 heterocycles. The van der Waals surface area contributed by atoms with Crippen LogP contribution in [0, 0.1) is 0 Å². The molecule has 2 N–H and O–H groups in total. The lowest BCUT2D eigenvalue weighted by atomic mass is 10.0. The Morgan fingerprint density at radius 1 is 1.28 bits per heavy atom. The van der Waals surface area contributed by atoms with Crippen molar-refractivity contribution in [2.24, 2.45) is 0 Å². The Hall–Kier alpha value is -0.680. The van der Waals surface area contributed by atoms with E-state index in [4.69, 9.17) is 0 Å². The zero-order valence-electron chi connectivity index (χ0n) is 10.1. The monoisotopic (exact) mass is 325 g/mol. The van der Waals surface area contributed by atoms with E-state index in [1.54, 1.807) is 11.3 Å². The molecule has 0 radical (unpaired) electrons. The van der Waals surface area contributed by atoms with Gasteiger partial charge >= 0.3 is 0 Å². The van der Waals surface area contributed by atoms with E-state index in [-0.39, 0.29) is 6.04 Å². The van der Waals surface area contributed by atoms with Gasteiger partial charge in [0.2, 0.25) is 0 Å². The van der Waals surface area contributed by atoms with Crippen LogP contribution in [0.15, 0.2) is 45.6 Å². The first-order chi connectivity index (χ1) is 8.66. The molecule has 1 aromatic carbocycles. The molecule has 2 unspecified atom stereocenters. The number of halogens is 1. The normalized spacial score (nSPS) is 14.4. The molecule has 0 aliphatic heterocycles. The third kappa shape index (κ3) is 3.65. The Morgan fingerprint density at radius 3 is 2.61 bits per heavy atom. The van der Waals surface area contributed by atoms with E-state index in [0.29, 0.717) is 0 Å². The lowest BCUT2D eigenvalue weighted by molar-refractivity contribution is 0.135. The van der Waals surface area contributed by atoms with Crippen molar-refractivity contribution in [1.29, 1.82) is 0 Å². The van der Waals surface area contributed by atoms with Crippen LogP contribution >= 0.6 is 27.3 Å². The number of thiophene rings is 1. The number of aliphatic hydroxyl groups excluding tert-OH is 1. The summed E-state index contributed by atoms with van der Waals surface area (Å²) < 4.78 is 1.03. The Labute approximate surface area is 120 Å². The summed E-state index contributed by atoms with van der Waals surface area (Å²) in [5.41, 5.74) is 2.19. The van der Waals surface area contributed by atoms with Crippen LogP contribution in [0.2, 0.25) is 0 Å². The van der Waals surface area contributed by atoms with Crippen LogP contribution in [0.4, 0.5) is 0 Å². The third-order valence-corrected chi connectivity index (χ3v) is 4.15. The average molecular weight is 326 g/mol. The van der Waals surface area contributed by atoms with E-state index >= 15 is 0 Å². The highest BCUT2D eigenvalue weighted by molar-refractivity contribution is 9.10. The van der Waals surface area contributed by atoms with Crippen LogP contribution in [-0.2, 0) is 6.54 Å². The largest absolute Gasteiger partial charge is 0.387 e. The summed E-state index contributed by atoms with van der Waals surface area (Å²) in [6.07, 6.45) is -0.489. The molecule has 18 heavy (non-hydrogen) atoms. The summed E-state index contributed by atoms with van der Waals surface area (Å²) in [6, 6.07) is 9.89. The van der Waals surface area contributed by atoms with Crippen molar-refractivity contribution in [3.63, 3.8) is 0 Å². The van der Waals surface area contributed by atoms with E-state index in [1.165, 1.54) is 5.56 Å². The fraction of sp³-hybridized carbons (Fsp3) is 0.286. The summed E-state index contributed by atoms with van der Waals surface area (Å²) in [6.45, 7) is 2.79. The van der Waals surface area contributed by atoms with Gasteiger partial charge in [-0.25, -0.2) is 0 Å². The first-order valence-electron chi connectivity index (χ1n) is 5.85. The van der Waals surface area contributed by atoms with Crippen LogP contribution < -0.4 is 5.32 Å². The Morgan fingerprint density at radius 2 is 2.00 bits per heavy atom. The summed E-state index contributed by atoms with van der Waals surface area (Å²) in [5.74, 6) is 0. The Bertz CT molecular complexity index is 469. The summed E-state index contributed by atoms with van der Waals surface area (Å²) in [4.78, 5) is 0. The van der Waals surface area contributed by atoms with Crippen LogP contribution in [0.1, 0.15) is 24.2 Å². The van der Waals surface area contributed by atoms with Gasteiger partial charge in [0.15, 0.2) is 0 Å². The van der Waals surface area contributed by atoms with Crippen LogP contribution in [0.25, 0.3) is 0 Å². The highest BCUT2D eigenvalue weighted by Crippen LogP contribution is 2.20. The van der Waals surface area contributed by atoms with Crippen molar-refractivity contribution >= 4 is 27.3 Å². The fourth-order valence-electron chi connectivity index (χ4n) is 1.73. The van der Waals surface area contributed by atoms with Crippen LogP contribution in [0.5, 0.6) is 0 Å². The van der Waals surface area contributed by atoms with Crippen LogP contribution in [-0.4, -0.2) is 11.1 Å².